The van der Waals surface area contributed by atoms with Crippen LogP contribution in [-0.2, 0) is 9.53 Å². The molecule has 23 heavy (non-hydrogen) atoms. The van der Waals surface area contributed by atoms with Gasteiger partial charge in [0.25, 0.3) is 0 Å². The molecule has 0 aliphatic rings. The van der Waals surface area contributed by atoms with Gasteiger partial charge in [-0.2, -0.15) is 0 Å². The lowest BCUT2D eigenvalue weighted by atomic mass is 10.0. The third kappa shape index (κ3) is 16.9. The van der Waals surface area contributed by atoms with E-state index in [-0.39, 0.29) is 13.0 Å². The smallest absolute Gasteiger partial charge is 0.302 e. The Bertz CT molecular complexity index is 357. The highest BCUT2D eigenvalue weighted by atomic mass is 16.5. The lowest BCUT2D eigenvalue weighted by Gasteiger charge is -2.15. The van der Waals surface area contributed by atoms with Gasteiger partial charge >= 0.3 is 5.97 Å². The molecule has 0 aliphatic heterocycles. The van der Waals surface area contributed by atoms with Crippen LogP contribution in [0.5, 0.6) is 0 Å². The van der Waals surface area contributed by atoms with Gasteiger partial charge in [0.05, 0.1) is 12.2 Å². The Balaban J connectivity index is 3.38. The zero-order valence-corrected chi connectivity index (χ0v) is 14.4. The van der Waals surface area contributed by atoms with E-state index in [2.05, 4.69) is 18.1 Å². The largest absolute Gasteiger partial charge is 0.463 e. The third-order valence-corrected chi connectivity index (χ3v) is 3.55. The minimum atomic E-state index is -0.782. The number of ether oxygens (including phenoxy) is 1. The summed E-state index contributed by atoms with van der Waals surface area (Å²) < 4.78 is 4.70. The Hall–Kier alpha value is -1.31. The molecule has 0 amide bonds. The van der Waals surface area contributed by atoms with Gasteiger partial charge in [-0.05, 0) is 25.7 Å². The normalized spacial score (nSPS) is 13.7. The molecular weight excluding hydrogens is 292 g/mol. The van der Waals surface area contributed by atoms with Crippen molar-refractivity contribution >= 4 is 5.97 Å². The molecule has 0 aromatic rings. The molecule has 0 heterocycles. The van der Waals surface area contributed by atoms with Crippen molar-refractivity contribution in [1.82, 2.24) is 0 Å². The van der Waals surface area contributed by atoms with Gasteiger partial charge in [-0.1, -0.05) is 37.8 Å². The maximum atomic E-state index is 10.6. The highest BCUT2D eigenvalue weighted by molar-refractivity contribution is 5.65. The zero-order chi connectivity index (χ0) is 17.3. The number of hydrogen-bond donors (Lipinski definition) is 2. The molecule has 0 radical (unpaired) electrons. The van der Waals surface area contributed by atoms with Gasteiger partial charge in [-0.25, -0.2) is 0 Å². The highest BCUT2D eigenvalue weighted by Crippen LogP contribution is 2.12. The summed E-state index contributed by atoms with van der Waals surface area (Å²) in [6.07, 6.45) is 17.7. The molecule has 0 aromatic carbocycles. The number of rotatable bonds is 14. The summed E-state index contributed by atoms with van der Waals surface area (Å²) >= 11 is 0. The second-order valence-corrected chi connectivity index (χ2v) is 5.91. The van der Waals surface area contributed by atoms with E-state index in [1.807, 2.05) is 0 Å². The Morgan fingerprint density at radius 2 is 1.74 bits per heavy atom. The lowest BCUT2D eigenvalue weighted by Crippen LogP contribution is -2.23. The number of unbranched alkanes of at least 4 members (excludes halogenated alkanes) is 6. The average Bonchev–Trinajstić information content (AvgIpc) is 2.50. The molecule has 132 valence electrons. The van der Waals surface area contributed by atoms with Crippen LogP contribution < -0.4 is 0 Å². The second kappa shape index (κ2) is 15.6. The molecule has 2 N–H and O–H groups in total. The number of hydrogen-bond acceptors (Lipinski definition) is 4. The predicted molar refractivity (Wildman–Crippen MR) is 92.8 cm³/mol. The van der Waals surface area contributed by atoms with Crippen molar-refractivity contribution in [2.75, 3.05) is 6.61 Å². The fourth-order valence-corrected chi connectivity index (χ4v) is 2.29. The van der Waals surface area contributed by atoms with Gasteiger partial charge in [-0.3, -0.25) is 4.79 Å². The van der Waals surface area contributed by atoms with Crippen molar-refractivity contribution in [2.24, 2.45) is 0 Å². The standard InChI is InChI=1S/C19H32O4/c1-3-4-5-6-7-8-9-10-11-12-13-14-18(21)15-19(22)16-23-17(2)20/h1,6-7,18-19,21-22H,4-5,8-16H2,2H3/b7-6+/t18-,19?/m0/s1. The van der Waals surface area contributed by atoms with Gasteiger partial charge in [0.1, 0.15) is 6.61 Å². The molecule has 0 saturated carbocycles. The summed E-state index contributed by atoms with van der Waals surface area (Å²) in [6, 6.07) is 0. The molecule has 0 aromatic heterocycles. The summed E-state index contributed by atoms with van der Waals surface area (Å²) in [6.45, 7) is 1.26. The number of esters is 1. The van der Waals surface area contributed by atoms with Crippen molar-refractivity contribution in [3.8, 4) is 12.3 Å². The molecular formula is C19H32O4. The van der Waals surface area contributed by atoms with Crippen molar-refractivity contribution in [3.05, 3.63) is 12.2 Å². The molecule has 4 heteroatoms. The fourth-order valence-electron chi connectivity index (χ4n) is 2.29. The van der Waals surface area contributed by atoms with Crippen molar-refractivity contribution < 1.29 is 19.7 Å². The van der Waals surface area contributed by atoms with E-state index in [4.69, 9.17) is 11.2 Å². The van der Waals surface area contributed by atoms with E-state index in [0.717, 1.165) is 32.1 Å². The van der Waals surface area contributed by atoms with E-state index in [1.54, 1.807) is 0 Å². The lowest BCUT2D eigenvalue weighted by molar-refractivity contribution is -0.144. The number of carbonyl (C=O) groups excluding carboxylic acids is 1. The van der Waals surface area contributed by atoms with E-state index < -0.39 is 18.2 Å². The van der Waals surface area contributed by atoms with Crippen molar-refractivity contribution in [2.45, 2.75) is 83.3 Å². The first-order valence-electron chi connectivity index (χ1n) is 8.64. The third-order valence-electron chi connectivity index (χ3n) is 3.55. The number of carbonyl (C=O) groups is 1. The molecule has 0 bridgehead atoms. The first-order valence-corrected chi connectivity index (χ1v) is 8.64. The van der Waals surface area contributed by atoms with Crippen LogP contribution in [0.1, 0.15) is 71.1 Å². The number of aliphatic hydroxyl groups is 2. The topological polar surface area (TPSA) is 66.8 Å². The van der Waals surface area contributed by atoms with Crippen LogP contribution in [0, 0.1) is 12.3 Å². The Kier molecular flexibility index (Phi) is 14.7. The van der Waals surface area contributed by atoms with Gasteiger partial charge in [0.2, 0.25) is 0 Å². The van der Waals surface area contributed by atoms with Gasteiger partial charge in [0.15, 0.2) is 0 Å². The molecule has 0 rings (SSSR count). The van der Waals surface area contributed by atoms with Crippen LogP contribution in [0.4, 0.5) is 0 Å². The highest BCUT2D eigenvalue weighted by Gasteiger charge is 2.12. The maximum absolute atomic E-state index is 10.6. The number of allylic oxidation sites excluding steroid dienone is 2. The molecule has 2 atom stereocenters. The quantitative estimate of drug-likeness (QED) is 0.222. The van der Waals surface area contributed by atoms with Crippen LogP contribution in [0.2, 0.25) is 0 Å². The summed E-state index contributed by atoms with van der Waals surface area (Å²) in [5, 5.41) is 19.4. The van der Waals surface area contributed by atoms with Gasteiger partial charge in [-0.15, -0.1) is 12.3 Å². The minimum absolute atomic E-state index is 0.0404. The van der Waals surface area contributed by atoms with Crippen molar-refractivity contribution in [1.29, 1.82) is 0 Å². The van der Waals surface area contributed by atoms with Crippen LogP contribution in [0.15, 0.2) is 12.2 Å². The number of aliphatic hydroxyl groups excluding tert-OH is 2. The molecule has 0 fully saturated rings. The summed E-state index contributed by atoms with van der Waals surface area (Å²) in [5.74, 6) is 2.20. The zero-order valence-electron chi connectivity index (χ0n) is 14.4. The molecule has 0 spiro atoms. The van der Waals surface area contributed by atoms with E-state index in [1.165, 1.54) is 26.2 Å². The molecule has 4 nitrogen and oxygen atoms in total. The molecule has 1 unspecified atom stereocenters. The monoisotopic (exact) mass is 324 g/mol. The predicted octanol–water partition coefficient (Wildman–Crippen LogP) is 3.36. The Morgan fingerprint density at radius 1 is 1.09 bits per heavy atom. The van der Waals surface area contributed by atoms with E-state index in [0.29, 0.717) is 6.42 Å². The second-order valence-electron chi connectivity index (χ2n) is 5.91. The first-order chi connectivity index (χ1) is 11.1. The number of terminal acetylenes is 1. The average molecular weight is 324 g/mol. The maximum Gasteiger partial charge on any atom is 0.302 e. The van der Waals surface area contributed by atoms with Gasteiger partial charge in [0, 0.05) is 19.8 Å². The van der Waals surface area contributed by atoms with Gasteiger partial charge < -0.3 is 14.9 Å². The first kappa shape index (κ1) is 21.7. The van der Waals surface area contributed by atoms with Crippen LogP contribution in [0.25, 0.3) is 0 Å². The Morgan fingerprint density at radius 3 is 2.43 bits per heavy atom. The molecule has 0 aliphatic carbocycles. The fraction of sp³-hybridized carbons (Fsp3) is 0.737. The minimum Gasteiger partial charge on any atom is -0.463 e. The van der Waals surface area contributed by atoms with E-state index in [9.17, 15) is 15.0 Å². The molecule has 0 saturated heterocycles. The van der Waals surface area contributed by atoms with Crippen LogP contribution >= 0.6 is 0 Å². The van der Waals surface area contributed by atoms with Crippen LogP contribution in [-0.4, -0.2) is 35.0 Å². The van der Waals surface area contributed by atoms with E-state index >= 15 is 0 Å². The summed E-state index contributed by atoms with van der Waals surface area (Å²) in [7, 11) is 0. The van der Waals surface area contributed by atoms with Crippen LogP contribution in [0.3, 0.4) is 0 Å². The van der Waals surface area contributed by atoms with Crippen molar-refractivity contribution in [3.63, 3.8) is 0 Å². The summed E-state index contributed by atoms with van der Waals surface area (Å²) in [4.78, 5) is 10.6. The SMILES string of the molecule is C#CCC/C=C/CCCCCCC[C@H](O)CC(O)COC(C)=O. The Labute approximate surface area is 140 Å². The summed E-state index contributed by atoms with van der Waals surface area (Å²) in [5.41, 5.74) is 0.